The van der Waals surface area contributed by atoms with Gasteiger partial charge in [0.05, 0.1) is 18.3 Å². The van der Waals surface area contributed by atoms with Crippen LogP contribution in [0.15, 0.2) is 5.29 Å². The first-order chi connectivity index (χ1) is 7.52. The van der Waals surface area contributed by atoms with E-state index in [0.717, 1.165) is 0 Å². The zero-order valence-corrected chi connectivity index (χ0v) is 8.75. The second kappa shape index (κ2) is 4.99. The lowest BCUT2D eigenvalue weighted by molar-refractivity contribution is -0.172. The van der Waals surface area contributed by atoms with E-state index in [1.807, 2.05) is 0 Å². The van der Waals surface area contributed by atoms with Crippen LogP contribution in [0.5, 0.6) is 0 Å². The molecule has 1 fully saturated rings. The summed E-state index contributed by atoms with van der Waals surface area (Å²) in [6.45, 7) is -0.159. The maximum atomic E-state index is 11.5. The second-order valence-corrected chi connectivity index (χ2v) is 3.41. The van der Waals surface area contributed by atoms with Crippen LogP contribution in [0.3, 0.4) is 0 Å². The highest BCUT2D eigenvalue weighted by atomic mass is 35.5. The Morgan fingerprint density at radius 2 is 2.25 bits per heavy atom. The molecule has 0 aromatic carbocycles. The van der Waals surface area contributed by atoms with Gasteiger partial charge in [0, 0.05) is 5.88 Å². The van der Waals surface area contributed by atoms with Crippen LogP contribution in [0.4, 0.5) is 0 Å². The molecule has 1 N–H and O–H groups in total. The number of imide groups is 1. The molecule has 88 valence electrons. The van der Waals surface area contributed by atoms with Crippen LogP contribution >= 0.6 is 11.6 Å². The van der Waals surface area contributed by atoms with Gasteiger partial charge in [0.15, 0.2) is 0 Å². The van der Waals surface area contributed by atoms with Crippen molar-refractivity contribution in [2.24, 2.45) is 11.2 Å². The molecule has 0 spiro atoms. The molecule has 1 saturated heterocycles. The van der Waals surface area contributed by atoms with Crippen LogP contribution in [-0.4, -0.2) is 45.4 Å². The lowest BCUT2D eigenvalue weighted by atomic mass is 10.1. The molecule has 1 heterocycles. The number of hydroxylamine groups is 2. The predicted octanol–water partition coefficient (Wildman–Crippen LogP) is -0.501. The number of rotatable bonds is 4. The highest BCUT2D eigenvalue weighted by Gasteiger charge is 2.44. The van der Waals surface area contributed by atoms with Gasteiger partial charge in [-0.05, 0) is 0 Å². The normalized spacial score (nSPS) is 20.1. The van der Waals surface area contributed by atoms with Crippen LogP contribution in [0.1, 0.15) is 6.42 Å². The van der Waals surface area contributed by atoms with Gasteiger partial charge >= 0.3 is 0 Å². The highest BCUT2D eigenvalue weighted by molar-refractivity contribution is 6.18. The quantitative estimate of drug-likeness (QED) is 0.180. The third kappa shape index (κ3) is 2.17. The molecule has 1 rings (SSSR count). The molecule has 1 unspecified atom stereocenters. The van der Waals surface area contributed by atoms with Crippen LogP contribution in [0, 0.1) is 10.8 Å². The summed E-state index contributed by atoms with van der Waals surface area (Å²) in [6.07, 6.45) is -0.470. The molecule has 0 aromatic rings. The first kappa shape index (κ1) is 12.5. The molecule has 8 nitrogen and oxygen atoms in total. The van der Waals surface area contributed by atoms with E-state index in [1.165, 1.54) is 0 Å². The van der Waals surface area contributed by atoms with Crippen LogP contribution < -0.4 is 0 Å². The second-order valence-electron chi connectivity index (χ2n) is 3.03. The van der Waals surface area contributed by atoms with E-state index in [0.29, 0.717) is 5.01 Å². The summed E-state index contributed by atoms with van der Waals surface area (Å²) in [6, 6.07) is 0. The fraction of sp³-hybridized carbons (Fsp3) is 0.571. The van der Waals surface area contributed by atoms with Gasteiger partial charge in [-0.3, -0.25) is 19.6 Å². The predicted molar refractivity (Wildman–Crippen MR) is 50.0 cm³/mol. The molecule has 0 radical (unpaired) electrons. The molecule has 1 atom stereocenters. The van der Waals surface area contributed by atoms with Crippen molar-refractivity contribution in [1.29, 1.82) is 0 Å². The Morgan fingerprint density at radius 1 is 1.62 bits per heavy atom. The van der Waals surface area contributed by atoms with E-state index in [4.69, 9.17) is 16.8 Å². The zero-order chi connectivity index (χ0) is 12.3. The molecular weight excluding hydrogens is 242 g/mol. The summed E-state index contributed by atoms with van der Waals surface area (Å²) in [7, 11) is 0. The van der Waals surface area contributed by atoms with E-state index in [2.05, 4.69) is 5.29 Å². The van der Waals surface area contributed by atoms with Crippen LogP contribution in [0.25, 0.3) is 0 Å². The minimum Gasteiger partial charge on any atom is -0.278 e. The fourth-order valence-corrected chi connectivity index (χ4v) is 1.42. The van der Waals surface area contributed by atoms with Crippen molar-refractivity contribution in [3.05, 3.63) is 4.91 Å². The number of carbonyl (C=O) groups excluding carboxylic acids is 3. The van der Waals surface area contributed by atoms with Crippen molar-refractivity contribution in [3.63, 3.8) is 0 Å². The third-order valence-electron chi connectivity index (χ3n) is 2.07. The molecule has 3 amide bonds. The monoisotopic (exact) mass is 249 g/mol. The Bertz CT molecular complexity index is 347. The Morgan fingerprint density at radius 3 is 2.62 bits per heavy atom. The van der Waals surface area contributed by atoms with Gasteiger partial charge in [-0.2, -0.15) is 10.1 Å². The van der Waals surface area contributed by atoms with Crippen LogP contribution in [0.2, 0.25) is 0 Å². The number of hydrogen-bond donors (Lipinski definition) is 1. The molecule has 0 saturated carbocycles. The lowest BCUT2D eigenvalue weighted by Crippen LogP contribution is -2.37. The van der Waals surface area contributed by atoms with Crippen molar-refractivity contribution in [1.82, 2.24) is 10.1 Å². The molecule has 0 aromatic heterocycles. The summed E-state index contributed by atoms with van der Waals surface area (Å²) in [5, 5.41) is 11.6. The van der Waals surface area contributed by atoms with Crippen molar-refractivity contribution in [2.75, 3.05) is 12.4 Å². The maximum Gasteiger partial charge on any atom is 0.266 e. The van der Waals surface area contributed by atoms with Gasteiger partial charge in [0.1, 0.15) is 5.92 Å². The number of nitroso groups, excluding NO2 is 1. The van der Waals surface area contributed by atoms with Gasteiger partial charge < -0.3 is 0 Å². The Balaban J connectivity index is 2.78. The Hall–Kier alpha value is -1.54. The standard InChI is InChI=1S/C7H8ClN3O5/c8-1-2-10(9-15)6(13)4-3-5(12)11(16)7(4)14/h4,16H,1-3H2. The molecule has 1 aliphatic rings. The first-order valence-electron chi connectivity index (χ1n) is 4.29. The summed E-state index contributed by atoms with van der Waals surface area (Å²) < 4.78 is 0. The van der Waals surface area contributed by atoms with Crippen molar-refractivity contribution < 1.29 is 19.6 Å². The average molecular weight is 250 g/mol. The molecular formula is C7H8ClN3O5. The maximum absolute atomic E-state index is 11.5. The number of amides is 3. The molecule has 16 heavy (non-hydrogen) atoms. The molecule has 9 heteroatoms. The molecule has 1 aliphatic heterocycles. The third-order valence-corrected chi connectivity index (χ3v) is 2.24. The smallest absolute Gasteiger partial charge is 0.266 e. The van der Waals surface area contributed by atoms with Gasteiger partial charge in [0.25, 0.3) is 17.7 Å². The number of hydrogen-bond acceptors (Lipinski definition) is 6. The summed E-state index contributed by atoms with van der Waals surface area (Å²) in [5.41, 5.74) is 0. The Labute approximate surface area is 94.6 Å². The lowest BCUT2D eigenvalue weighted by Gasteiger charge is -2.14. The number of carbonyl (C=O) groups is 3. The number of halogens is 1. The molecule has 0 bridgehead atoms. The van der Waals surface area contributed by atoms with E-state index in [1.54, 1.807) is 0 Å². The zero-order valence-electron chi connectivity index (χ0n) is 8.00. The fourth-order valence-electron chi connectivity index (χ4n) is 1.26. The van der Waals surface area contributed by atoms with E-state index < -0.39 is 30.1 Å². The highest BCUT2D eigenvalue weighted by Crippen LogP contribution is 2.20. The van der Waals surface area contributed by atoms with Gasteiger partial charge in [-0.25, -0.2) is 0 Å². The van der Waals surface area contributed by atoms with Gasteiger partial charge in [-0.1, -0.05) is 0 Å². The number of alkyl halides is 1. The summed E-state index contributed by atoms with van der Waals surface area (Å²) in [4.78, 5) is 43.9. The summed E-state index contributed by atoms with van der Waals surface area (Å²) >= 11 is 5.32. The van der Waals surface area contributed by atoms with Crippen molar-refractivity contribution in [2.45, 2.75) is 6.42 Å². The minimum atomic E-state index is -1.39. The van der Waals surface area contributed by atoms with Gasteiger partial charge in [0.2, 0.25) is 0 Å². The average Bonchev–Trinajstić information content (AvgIpc) is 2.53. The number of nitrogens with zero attached hydrogens (tertiary/aromatic N) is 3. The topological polar surface area (TPSA) is 107 Å². The van der Waals surface area contributed by atoms with Crippen molar-refractivity contribution in [3.8, 4) is 0 Å². The Kier molecular flexibility index (Phi) is 3.91. The largest absolute Gasteiger partial charge is 0.278 e. The molecule has 0 aliphatic carbocycles. The van der Waals surface area contributed by atoms with Crippen molar-refractivity contribution >= 4 is 29.3 Å². The minimum absolute atomic E-state index is 0.0326. The van der Waals surface area contributed by atoms with Gasteiger partial charge in [-0.15, -0.1) is 16.5 Å². The van der Waals surface area contributed by atoms with Crippen LogP contribution in [-0.2, 0) is 14.4 Å². The SMILES string of the molecule is O=NN(CCCl)C(=O)C1CC(=O)N(O)C1=O. The summed E-state index contributed by atoms with van der Waals surface area (Å²) in [5.74, 6) is -4.31. The van der Waals surface area contributed by atoms with E-state index >= 15 is 0 Å². The van der Waals surface area contributed by atoms with E-state index in [9.17, 15) is 19.3 Å². The first-order valence-corrected chi connectivity index (χ1v) is 4.82. The van der Waals surface area contributed by atoms with E-state index in [-0.39, 0.29) is 17.5 Å².